The molecule has 14 heavy (non-hydrogen) atoms. The fraction of sp³-hybridized carbons (Fsp3) is 0.667. The molecule has 0 amide bonds. The Kier molecular flexibility index (Phi) is 10.5. The minimum atomic E-state index is -0.833. The van der Waals surface area contributed by atoms with Gasteiger partial charge in [-0.15, -0.1) is 0 Å². The normalized spacial score (nSPS) is 8.21. The maximum absolute atomic E-state index is 10.6. The molecule has 0 atom stereocenters. The molecule has 82 valence electrons. The van der Waals surface area contributed by atoms with E-state index in [2.05, 4.69) is 4.74 Å². The summed E-state index contributed by atoms with van der Waals surface area (Å²) in [4.78, 5) is 29.9. The number of carbonyl (C=O) groups excluding carboxylic acids is 2. The van der Waals surface area contributed by atoms with Gasteiger partial charge in [0.25, 0.3) is 5.97 Å². The second-order valence-electron chi connectivity index (χ2n) is 2.62. The Bertz CT molecular complexity index is 193. The Hall–Kier alpha value is -1.39. The molecule has 0 saturated carbocycles. The van der Waals surface area contributed by atoms with Gasteiger partial charge in [0.15, 0.2) is 0 Å². The predicted molar refractivity (Wildman–Crippen MR) is 49.9 cm³/mol. The number of ether oxygens (including phenoxy) is 1. The topological polar surface area (TPSA) is 80.7 Å². The van der Waals surface area contributed by atoms with E-state index in [1.165, 1.54) is 6.92 Å². The van der Waals surface area contributed by atoms with Crippen LogP contribution in [0.4, 0.5) is 0 Å². The molecule has 0 aliphatic rings. The molecule has 0 aromatic rings. The quantitative estimate of drug-likeness (QED) is 0.546. The Morgan fingerprint density at radius 2 is 1.64 bits per heavy atom. The highest BCUT2D eigenvalue weighted by Gasteiger charge is 2.04. The van der Waals surface area contributed by atoms with Crippen LogP contribution >= 0.6 is 0 Å². The first-order valence-electron chi connectivity index (χ1n) is 4.24. The summed E-state index contributed by atoms with van der Waals surface area (Å²) in [5.41, 5.74) is 0. The van der Waals surface area contributed by atoms with Crippen LogP contribution in [0.25, 0.3) is 0 Å². The van der Waals surface area contributed by atoms with Crippen LogP contribution in [0.15, 0.2) is 0 Å². The number of ketones is 1. The molecule has 0 fully saturated rings. The Morgan fingerprint density at radius 1 is 1.21 bits per heavy atom. The first-order chi connectivity index (χ1) is 6.40. The van der Waals surface area contributed by atoms with E-state index in [9.17, 15) is 9.59 Å². The number of carboxylic acids is 1. The van der Waals surface area contributed by atoms with Crippen LogP contribution in [-0.2, 0) is 19.1 Å². The average molecular weight is 204 g/mol. The van der Waals surface area contributed by atoms with Gasteiger partial charge < -0.3 is 9.84 Å². The van der Waals surface area contributed by atoms with E-state index in [0.717, 1.165) is 13.3 Å². The van der Waals surface area contributed by atoms with Crippen molar-refractivity contribution in [2.75, 3.05) is 6.61 Å². The van der Waals surface area contributed by atoms with Gasteiger partial charge in [0, 0.05) is 6.92 Å². The molecule has 0 saturated heterocycles. The van der Waals surface area contributed by atoms with Crippen LogP contribution in [0, 0.1) is 0 Å². The Morgan fingerprint density at radius 3 is 1.93 bits per heavy atom. The van der Waals surface area contributed by atoms with Gasteiger partial charge in [-0.1, -0.05) is 6.92 Å². The van der Waals surface area contributed by atoms with Crippen molar-refractivity contribution in [2.24, 2.45) is 0 Å². The molecule has 0 bridgehead atoms. The third-order valence-electron chi connectivity index (χ3n) is 0.860. The van der Waals surface area contributed by atoms with Crippen molar-refractivity contribution in [1.82, 2.24) is 0 Å². The van der Waals surface area contributed by atoms with E-state index in [1.54, 1.807) is 0 Å². The van der Waals surface area contributed by atoms with E-state index >= 15 is 0 Å². The average Bonchev–Trinajstić information content (AvgIpc) is 1.98. The summed E-state index contributed by atoms with van der Waals surface area (Å²) in [5.74, 6) is -1.41. The maximum atomic E-state index is 10.6. The van der Waals surface area contributed by atoms with Crippen molar-refractivity contribution < 1.29 is 24.2 Å². The van der Waals surface area contributed by atoms with Crippen molar-refractivity contribution in [1.29, 1.82) is 0 Å². The molecular weight excluding hydrogens is 188 g/mol. The fourth-order valence-corrected chi connectivity index (χ4v) is 0.470. The number of rotatable bonds is 4. The predicted octanol–water partition coefficient (Wildman–Crippen LogP) is 1.01. The number of esters is 1. The lowest BCUT2D eigenvalue weighted by atomic mass is 10.3. The van der Waals surface area contributed by atoms with Crippen molar-refractivity contribution in [3.63, 3.8) is 0 Å². The van der Waals surface area contributed by atoms with Gasteiger partial charge >= 0.3 is 5.97 Å². The molecule has 0 rings (SSSR count). The van der Waals surface area contributed by atoms with Crippen molar-refractivity contribution in [3.8, 4) is 0 Å². The highest BCUT2D eigenvalue weighted by Crippen LogP contribution is 1.88. The summed E-state index contributed by atoms with van der Waals surface area (Å²) in [6.45, 7) is 4.76. The van der Waals surface area contributed by atoms with Crippen LogP contribution in [-0.4, -0.2) is 29.4 Å². The lowest BCUT2D eigenvalue weighted by Gasteiger charge is -1.98. The summed E-state index contributed by atoms with van der Waals surface area (Å²) >= 11 is 0. The maximum Gasteiger partial charge on any atom is 0.313 e. The van der Waals surface area contributed by atoms with Crippen molar-refractivity contribution >= 4 is 17.7 Å². The molecule has 0 aromatic carbocycles. The lowest BCUT2D eigenvalue weighted by Crippen LogP contribution is -2.09. The van der Waals surface area contributed by atoms with Gasteiger partial charge in [-0.3, -0.25) is 14.4 Å². The lowest BCUT2D eigenvalue weighted by molar-refractivity contribution is -0.145. The SMILES string of the molecule is CC(=O)O.CCCOC(=O)CC(C)=O. The molecule has 0 unspecified atom stereocenters. The van der Waals surface area contributed by atoms with E-state index in [4.69, 9.17) is 9.90 Å². The molecule has 5 nitrogen and oxygen atoms in total. The van der Waals surface area contributed by atoms with Crippen LogP contribution < -0.4 is 0 Å². The summed E-state index contributed by atoms with van der Waals surface area (Å²) < 4.78 is 4.64. The van der Waals surface area contributed by atoms with Crippen molar-refractivity contribution in [3.05, 3.63) is 0 Å². The summed E-state index contributed by atoms with van der Waals surface area (Å²) in [6, 6.07) is 0. The molecule has 5 heteroatoms. The van der Waals surface area contributed by atoms with Gasteiger partial charge in [0.1, 0.15) is 12.2 Å². The van der Waals surface area contributed by atoms with Gasteiger partial charge in [-0.05, 0) is 13.3 Å². The Balaban J connectivity index is 0. The zero-order valence-corrected chi connectivity index (χ0v) is 8.70. The number of Topliss-reactive ketones (excluding diaryl/α,β-unsaturated/α-hetero) is 1. The molecule has 0 aliphatic heterocycles. The van der Waals surface area contributed by atoms with Crippen LogP contribution in [0.1, 0.15) is 33.6 Å². The number of hydrogen-bond donors (Lipinski definition) is 1. The molecular formula is C9H16O5. The summed E-state index contributed by atoms with van der Waals surface area (Å²) in [5, 5.41) is 7.42. The standard InChI is InChI=1S/C7H12O3.C2H4O2/c1-3-4-10-7(9)5-6(2)8;1-2(3)4/h3-5H2,1-2H3;1H3,(H,3,4). The number of carboxylic acid groups (broad SMARTS) is 1. The van der Waals surface area contributed by atoms with Gasteiger partial charge in [0.05, 0.1) is 6.61 Å². The largest absolute Gasteiger partial charge is 0.481 e. The molecule has 0 spiro atoms. The van der Waals surface area contributed by atoms with Crippen molar-refractivity contribution in [2.45, 2.75) is 33.6 Å². The second kappa shape index (κ2) is 9.70. The Labute approximate surface area is 83.1 Å². The second-order valence-corrected chi connectivity index (χ2v) is 2.62. The molecule has 0 radical (unpaired) electrons. The van der Waals surface area contributed by atoms with E-state index < -0.39 is 11.9 Å². The highest BCUT2D eigenvalue weighted by molar-refractivity contribution is 5.94. The number of aliphatic carboxylic acids is 1. The monoisotopic (exact) mass is 204 g/mol. The minimum Gasteiger partial charge on any atom is -0.481 e. The number of carbonyl (C=O) groups is 3. The third-order valence-corrected chi connectivity index (χ3v) is 0.860. The zero-order chi connectivity index (χ0) is 11.6. The van der Waals surface area contributed by atoms with E-state index in [-0.39, 0.29) is 12.2 Å². The minimum absolute atomic E-state index is 0.0972. The van der Waals surface area contributed by atoms with Crippen LogP contribution in [0.2, 0.25) is 0 Å². The third kappa shape index (κ3) is 22.4. The van der Waals surface area contributed by atoms with Crippen LogP contribution in [0.3, 0.4) is 0 Å². The first-order valence-corrected chi connectivity index (χ1v) is 4.24. The number of hydrogen-bond acceptors (Lipinski definition) is 4. The van der Waals surface area contributed by atoms with E-state index in [1.807, 2.05) is 6.92 Å². The fourth-order valence-electron chi connectivity index (χ4n) is 0.470. The molecule has 1 N–H and O–H groups in total. The molecule has 0 heterocycles. The van der Waals surface area contributed by atoms with E-state index in [0.29, 0.717) is 6.61 Å². The van der Waals surface area contributed by atoms with Crippen LogP contribution in [0.5, 0.6) is 0 Å². The highest BCUT2D eigenvalue weighted by atomic mass is 16.5. The molecule has 0 aromatic heterocycles. The zero-order valence-electron chi connectivity index (χ0n) is 8.70. The summed E-state index contributed by atoms with van der Waals surface area (Å²) in [7, 11) is 0. The smallest absolute Gasteiger partial charge is 0.313 e. The first kappa shape index (κ1) is 15.1. The van der Waals surface area contributed by atoms with Gasteiger partial charge in [-0.2, -0.15) is 0 Å². The van der Waals surface area contributed by atoms with Gasteiger partial charge in [-0.25, -0.2) is 0 Å². The van der Waals surface area contributed by atoms with Gasteiger partial charge in [0.2, 0.25) is 0 Å². The summed E-state index contributed by atoms with van der Waals surface area (Å²) in [6.07, 6.45) is 0.698. The molecule has 0 aliphatic carbocycles.